The number of hydrogen-bond acceptors (Lipinski definition) is 3. The van der Waals surface area contributed by atoms with Gasteiger partial charge in [-0.15, -0.1) is 0 Å². The third kappa shape index (κ3) is 5.37. The van der Waals surface area contributed by atoms with Crippen LogP contribution >= 0.6 is 0 Å². The Labute approximate surface area is 111 Å². The van der Waals surface area contributed by atoms with Gasteiger partial charge in [0.2, 0.25) is 0 Å². The fourth-order valence-electron chi connectivity index (χ4n) is 2.70. The lowest BCUT2D eigenvalue weighted by Crippen LogP contribution is -2.32. The summed E-state index contributed by atoms with van der Waals surface area (Å²) in [5, 5.41) is 9.16. The van der Waals surface area contributed by atoms with Crippen LogP contribution in [-0.4, -0.2) is 25.4 Å². The lowest BCUT2D eigenvalue weighted by molar-refractivity contribution is -0.0463. The van der Waals surface area contributed by atoms with E-state index in [2.05, 4.69) is 13.0 Å². The summed E-state index contributed by atoms with van der Waals surface area (Å²) < 4.78 is 11.3. The Morgan fingerprint density at radius 1 is 1.28 bits per heavy atom. The lowest BCUT2D eigenvalue weighted by Gasteiger charge is -2.32. The molecule has 3 atom stereocenters. The van der Waals surface area contributed by atoms with Gasteiger partial charge in [-0.1, -0.05) is 19.8 Å². The van der Waals surface area contributed by atoms with Gasteiger partial charge in [-0.3, -0.25) is 0 Å². The van der Waals surface area contributed by atoms with E-state index < -0.39 is 0 Å². The van der Waals surface area contributed by atoms with Crippen molar-refractivity contribution < 1.29 is 9.47 Å². The van der Waals surface area contributed by atoms with Crippen LogP contribution in [0.15, 0.2) is 0 Å². The van der Waals surface area contributed by atoms with Crippen molar-refractivity contribution in [3.05, 3.63) is 0 Å². The van der Waals surface area contributed by atoms with Gasteiger partial charge in [-0.2, -0.15) is 5.26 Å². The zero-order valence-corrected chi connectivity index (χ0v) is 12.0. The number of rotatable bonds is 7. The minimum absolute atomic E-state index is 0.0807. The van der Waals surface area contributed by atoms with Crippen LogP contribution in [0.4, 0.5) is 0 Å². The van der Waals surface area contributed by atoms with Crippen molar-refractivity contribution in [2.75, 3.05) is 13.2 Å². The maximum atomic E-state index is 9.16. The number of nitrogens with zero attached hydrogens (tertiary/aromatic N) is 1. The second-order valence-electron chi connectivity index (χ2n) is 5.53. The molecule has 0 saturated heterocycles. The van der Waals surface area contributed by atoms with Gasteiger partial charge in [-0.25, -0.2) is 0 Å². The van der Waals surface area contributed by atoms with Crippen molar-refractivity contribution in [3.8, 4) is 6.07 Å². The summed E-state index contributed by atoms with van der Waals surface area (Å²) in [5.74, 6) is 0.827. The van der Waals surface area contributed by atoms with Gasteiger partial charge in [0.25, 0.3) is 0 Å². The van der Waals surface area contributed by atoms with E-state index in [1.165, 1.54) is 19.3 Å². The monoisotopic (exact) mass is 253 g/mol. The average molecular weight is 253 g/mol. The number of ether oxygens (including phenoxy) is 2. The zero-order chi connectivity index (χ0) is 13.4. The SMILES string of the molecule is CCCC1CCC(C#N)C(OCCOC(C)C)C1. The number of nitriles is 1. The van der Waals surface area contributed by atoms with Gasteiger partial charge in [0.05, 0.1) is 37.4 Å². The molecule has 0 aromatic heterocycles. The van der Waals surface area contributed by atoms with Gasteiger partial charge in [0.1, 0.15) is 0 Å². The van der Waals surface area contributed by atoms with Crippen molar-refractivity contribution >= 4 is 0 Å². The van der Waals surface area contributed by atoms with Crippen LogP contribution in [0, 0.1) is 23.2 Å². The molecule has 0 radical (unpaired) electrons. The molecular weight excluding hydrogens is 226 g/mol. The largest absolute Gasteiger partial charge is 0.376 e. The van der Waals surface area contributed by atoms with Crippen LogP contribution in [0.2, 0.25) is 0 Å². The molecule has 1 aliphatic rings. The predicted molar refractivity (Wildman–Crippen MR) is 72.2 cm³/mol. The summed E-state index contributed by atoms with van der Waals surface area (Å²) in [6.45, 7) is 7.51. The molecule has 0 aromatic carbocycles. The summed E-state index contributed by atoms with van der Waals surface area (Å²) in [6, 6.07) is 2.40. The summed E-state index contributed by atoms with van der Waals surface area (Å²) in [5.41, 5.74) is 0. The standard InChI is InChI=1S/C15H27NO2/c1-4-5-13-6-7-14(11-16)15(10-13)18-9-8-17-12(2)3/h12-15H,4-10H2,1-3H3. The maximum absolute atomic E-state index is 9.16. The highest BCUT2D eigenvalue weighted by molar-refractivity contribution is 4.93. The molecule has 0 bridgehead atoms. The van der Waals surface area contributed by atoms with E-state index in [-0.39, 0.29) is 18.1 Å². The predicted octanol–water partition coefficient (Wildman–Crippen LogP) is 3.54. The van der Waals surface area contributed by atoms with Gasteiger partial charge in [0.15, 0.2) is 0 Å². The average Bonchev–Trinajstić information content (AvgIpc) is 2.35. The Hall–Kier alpha value is -0.590. The van der Waals surface area contributed by atoms with Crippen LogP contribution in [0.25, 0.3) is 0 Å². The van der Waals surface area contributed by atoms with E-state index in [4.69, 9.17) is 14.7 Å². The molecule has 0 aliphatic heterocycles. The Morgan fingerprint density at radius 2 is 2.06 bits per heavy atom. The van der Waals surface area contributed by atoms with E-state index >= 15 is 0 Å². The highest BCUT2D eigenvalue weighted by atomic mass is 16.5. The molecular formula is C15H27NO2. The van der Waals surface area contributed by atoms with Gasteiger partial charge >= 0.3 is 0 Å². The van der Waals surface area contributed by atoms with E-state index in [0.29, 0.717) is 13.2 Å². The molecule has 0 heterocycles. The molecule has 18 heavy (non-hydrogen) atoms. The van der Waals surface area contributed by atoms with E-state index in [9.17, 15) is 0 Å². The molecule has 0 N–H and O–H groups in total. The summed E-state index contributed by atoms with van der Waals surface area (Å²) >= 11 is 0. The molecule has 0 spiro atoms. The minimum Gasteiger partial charge on any atom is -0.376 e. The Morgan fingerprint density at radius 3 is 2.67 bits per heavy atom. The van der Waals surface area contributed by atoms with Gasteiger partial charge < -0.3 is 9.47 Å². The van der Waals surface area contributed by atoms with Crippen molar-refractivity contribution in [1.29, 1.82) is 5.26 Å². The molecule has 1 aliphatic carbocycles. The first-order valence-electron chi connectivity index (χ1n) is 7.30. The topological polar surface area (TPSA) is 42.2 Å². The second kappa shape index (κ2) is 8.50. The van der Waals surface area contributed by atoms with Crippen molar-refractivity contribution in [1.82, 2.24) is 0 Å². The fourth-order valence-corrected chi connectivity index (χ4v) is 2.70. The summed E-state index contributed by atoms with van der Waals surface area (Å²) in [4.78, 5) is 0. The lowest BCUT2D eigenvalue weighted by atomic mass is 9.78. The molecule has 3 nitrogen and oxygen atoms in total. The molecule has 1 fully saturated rings. The van der Waals surface area contributed by atoms with Gasteiger partial charge in [-0.05, 0) is 39.0 Å². The molecule has 3 unspecified atom stereocenters. The first-order valence-corrected chi connectivity index (χ1v) is 7.30. The van der Waals surface area contributed by atoms with Crippen LogP contribution in [-0.2, 0) is 9.47 Å². The Kier molecular flexibility index (Phi) is 7.31. The first-order chi connectivity index (χ1) is 8.67. The van der Waals surface area contributed by atoms with Crippen molar-refractivity contribution in [2.24, 2.45) is 11.8 Å². The Bertz CT molecular complexity index is 260. The number of hydrogen-bond donors (Lipinski definition) is 0. The highest BCUT2D eigenvalue weighted by Crippen LogP contribution is 2.33. The molecule has 104 valence electrons. The van der Waals surface area contributed by atoms with Crippen LogP contribution in [0.5, 0.6) is 0 Å². The third-order valence-electron chi connectivity index (χ3n) is 3.63. The van der Waals surface area contributed by atoms with Crippen molar-refractivity contribution in [3.63, 3.8) is 0 Å². The smallest absolute Gasteiger partial charge is 0.0737 e. The highest BCUT2D eigenvalue weighted by Gasteiger charge is 2.30. The zero-order valence-electron chi connectivity index (χ0n) is 12.0. The first kappa shape index (κ1) is 15.5. The minimum atomic E-state index is 0.0807. The van der Waals surface area contributed by atoms with Crippen LogP contribution in [0.3, 0.4) is 0 Å². The quantitative estimate of drug-likeness (QED) is 0.652. The van der Waals surface area contributed by atoms with E-state index in [1.807, 2.05) is 13.8 Å². The Balaban J connectivity index is 2.31. The molecule has 0 aromatic rings. The van der Waals surface area contributed by atoms with E-state index in [0.717, 1.165) is 18.8 Å². The van der Waals surface area contributed by atoms with E-state index in [1.54, 1.807) is 0 Å². The van der Waals surface area contributed by atoms with Crippen LogP contribution < -0.4 is 0 Å². The molecule has 1 rings (SSSR count). The summed E-state index contributed by atoms with van der Waals surface area (Å²) in [7, 11) is 0. The third-order valence-corrected chi connectivity index (χ3v) is 3.63. The van der Waals surface area contributed by atoms with Crippen molar-refractivity contribution in [2.45, 2.75) is 65.1 Å². The normalized spacial score (nSPS) is 28.3. The van der Waals surface area contributed by atoms with Gasteiger partial charge in [0, 0.05) is 0 Å². The molecule has 1 saturated carbocycles. The molecule has 3 heteroatoms. The maximum Gasteiger partial charge on any atom is 0.0737 e. The second-order valence-corrected chi connectivity index (χ2v) is 5.53. The summed E-state index contributed by atoms with van der Waals surface area (Å²) in [6.07, 6.45) is 6.10. The molecule has 0 amide bonds. The fraction of sp³-hybridized carbons (Fsp3) is 0.933. The van der Waals surface area contributed by atoms with Crippen LogP contribution in [0.1, 0.15) is 52.9 Å².